The SMILES string of the molecule is N#Cc1cc(C(=O)Nc2cccnc2)c(F)cc1F. The molecule has 0 aliphatic heterocycles. The van der Waals surface area contributed by atoms with E-state index in [1.165, 1.54) is 12.4 Å². The average molecular weight is 259 g/mol. The van der Waals surface area contributed by atoms with Crippen molar-refractivity contribution in [2.45, 2.75) is 0 Å². The van der Waals surface area contributed by atoms with Gasteiger partial charge in [-0.1, -0.05) is 0 Å². The molecule has 0 fully saturated rings. The number of hydrogen-bond acceptors (Lipinski definition) is 3. The lowest BCUT2D eigenvalue weighted by Crippen LogP contribution is -2.14. The Labute approximate surface area is 107 Å². The molecule has 2 aromatic rings. The molecule has 0 saturated carbocycles. The van der Waals surface area contributed by atoms with E-state index in [9.17, 15) is 13.6 Å². The van der Waals surface area contributed by atoms with Crippen molar-refractivity contribution in [3.8, 4) is 6.07 Å². The minimum Gasteiger partial charge on any atom is -0.320 e. The largest absolute Gasteiger partial charge is 0.320 e. The molecular formula is C13H7F2N3O. The van der Waals surface area contributed by atoms with Crippen LogP contribution in [-0.2, 0) is 0 Å². The van der Waals surface area contributed by atoms with Crippen LogP contribution < -0.4 is 5.32 Å². The van der Waals surface area contributed by atoms with Crippen LogP contribution in [0.3, 0.4) is 0 Å². The number of hydrogen-bond donors (Lipinski definition) is 1. The second-order valence-electron chi connectivity index (χ2n) is 3.62. The Hall–Kier alpha value is -2.81. The number of carbonyl (C=O) groups excluding carboxylic acids is 1. The van der Waals surface area contributed by atoms with Crippen molar-refractivity contribution in [1.82, 2.24) is 4.98 Å². The lowest BCUT2D eigenvalue weighted by molar-refractivity contribution is 0.102. The Bertz CT molecular complexity index is 666. The van der Waals surface area contributed by atoms with Gasteiger partial charge >= 0.3 is 0 Å². The van der Waals surface area contributed by atoms with Crippen molar-refractivity contribution in [3.05, 3.63) is 59.4 Å². The summed E-state index contributed by atoms with van der Waals surface area (Å²) in [6.45, 7) is 0. The molecule has 94 valence electrons. The molecule has 19 heavy (non-hydrogen) atoms. The zero-order chi connectivity index (χ0) is 13.8. The van der Waals surface area contributed by atoms with Gasteiger partial charge in [0.2, 0.25) is 0 Å². The van der Waals surface area contributed by atoms with Crippen LogP contribution in [0.25, 0.3) is 0 Å². The molecule has 1 amide bonds. The van der Waals surface area contributed by atoms with Crippen molar-refractivity contribution >= 4 is 11.6 Å². The number of pyridine rings is 1. The summed E-state index contributed by atoms with van der Waals surface area (Å²) in [5.41, 5.74) is -0.422. The van der Waals surface area contributed by atoms with Crippen molar-refractivity contribution in [3.63, 3.8) is 0 Å². The van der Waals surface area contributed by atoms with E-state index in [4.69, 9.17) is 5.26 Å². The molecule has 1 aromatic heterocycles. The monoisotopic (exact) mass is 259 g/mol. The van der Waals surface area contributed by atoms with E-state index in [0.29, 0.717) is 11.8 Å². The first-order valence-electron chi connectivity index (χ1n) is 5.22. The molecule has 0 spiro atoms. The third-order valence-electron chi connectivity index (χ3n) is 2.34. The van der Waals surface area contributed by atoms with E-state index in [1.807, 2.05) is 0 Å². The van der Waals surface area contributed by atoms with Crippen LogP contribution in [0.1, 0.15) is 15.9 Å². The summed E-state index contributed by atoms with van der Waals surface area (Å²) >= 11 is 0. The van der Waals surface area contributed by atoms with Crippen molar-refractivity contribution < 1.29 is 13.6 Å². The highest BCUT2D eigenvalue weighted by Crippen LogP contribution is 2.16. The number of aromatic nitrogens is 1. The quantitative estimate of drug-likeness (QED) is 0.901. The maximum absolute atomic E-state index is 13.5. The van der Waals surface area contributed by atoms with Gasteiger partial charge in [0.05, 0.1) is 23.0 Å². The normalized spacial score (nSPS) is 9.74. The van der Waals surface area contributed by atoms with Gasteiger partial charge in [0.1, 0.15) is 17.7 Å². The molecule has 2 rings (SSSR count). The lowest BCUT2D eigenvalue weighted by Gasteiger charge is -2.06. The summed E-state index contributed by atoms with van der Waals surface area (Å²) in [5, 5.41) is 11.0. The highest BCUT2D eigenvalue weighted by atomic mass is 19.1. The molecule has 0 atom stereocenters. The maximum atomic E-state index is 13.5. The average Bonchev–Trinajstić information content (AvgIpc) is 2.40. The molecule has 1 N–H and O–H groups in total. The molecule has 1 heterocycles. The van der Waals surface area contributed by atoms with Gasteiger partial charge in [-0.15, -0.1) is 0 Å². The fraction of sp³-hybridized carbons (Fsp3) is 0. The van der Waals surface area contributed by atoms with Crippen LogP contribution in [-0.4, -0.2) is 10.9 Å². The minimum absolute atomic E-state index is 0.370. The second-order valence-corrected chi connectivity index (χ2v) is 3.62. The van der Waals surface area contributed by atoms with Crippen molar-refractivity contribution in [1.29, 1.82) is 5.26 Å². The molecule has 0 aliphatic carbocycles. The zero-order valence-corrected chi connectivity index (χ0v) is 9.52. The van der Waals surface area contributed by atoms with E-state index >= 15 is 0 Å². The Kier molecular flexibility index (Phi) is 3.48. The third-order valence-corrected chi connectivity index (χ3v) is 2.34. The highest BCUT2D eigenvalue weighted by Gasteiger charge is 2.16. The van der Waals surface area contributed by atoms with Gasteiger partial charge in [0.25, 0.3) is 5.91 Å². The predicted octanol–water partition coefficient (Wildman–Crippen LogP) is 2.48. The van der Waals surface area contributed by atoms with Crippen LogP contribution in [0.2, 0.25) is 0 Å². The molecule has 0 radical (unpaired) electrons. The Balaban J connectivity index is 2.32. The number of nitrogens with one attached hydrogen (secondary N) is 1. The van der Waals surface area contributed by atoms with Crippen LogP contribution in [0.15, 0.2) is 36.7 Å². The summed E-state index contributed by atoms with van der Waals surface area (Å²) in [6.07, 6.45) is 2.90. The number of anilines is 1. The number of rotatable bonds is 2. The zero-order valence-electron chi connectivity index (χ0n) is 9.52. The number of nitrogens with zero attached hydrogens (tertiary/aromatic N) is 2. The van der Waals surface area contributed by atoms with Gasteiger partial charge in [-0.25, -0.2) is 8.78 Å². The fourth-order valence-corrected chi connectivity index (χ4v) is 1.44. The minimum atomic E-state index is -1.03. The topological polar surface area (TPSA) is 65.8 Å². The van der Waals surface area contributed by atoms with Gasteiger partial charge < -0.3 is 5.32 Å². The summed E-state index contributed by atoms with van der Waals surface area (Å²) in [4.78, 5) is 15.6. The molecule has 0 bridgehead atoms. The standard InChI is InChI=1S/C13H7F2N3O/c14-11-5-12(15)10(4-8(11)6-16)13(19)18-9-2-1-3-17-7-9/h1-5,7H,(H,18,19). The van der Waals surface area contributed by atoms with Gasteiger partial charge in [0, 0.05) is 12.3 Å². The van der Waals surface area contributed by atoms with Gasteiger partial charge in [-0.3, -0.25) is 9.78 Å². The highest BCUT2D eigenvalue weighted by molar-refractivity contribution is 6.04. The second kappa shape index (κ2) is 5.23. The maximum Gasteiger partial charge on any atom is 0.258 e. The van der Waals surface area contributed by atoms with Crippen LogP contribution in [0.4, 0.5) is 14.5 Å². The number of halogens is 2. The van der Waals surface area contributed by atoms with Crippen LogP contribution >= 0.6 is 0 Å². The lowest BCUT2D eigenvalue weighted by atomic mass is 10.1. The van der Waals surface area contributed by atoms with E-state index in [2.05, 4.69) is 10.3 Å². The van der Waals surface area contributed by atoms with Gasteiger partial charge in [-0.2, -0.15) is 5.26 Å². The van der Waals surface area contributed by atoms with Gasteiger partial charge in [0.15, 0.2) is 0 Å². The Morgan fingerprint density at radius 3 is 2.74 bits per heavy atom. The molecule has 6 heteroatoms. The number of amides is 1. The first-order valence-corrected chi connectivity index (χ1v) is 5.22. The predicted molar refractivity (Wildman–Crippen MR) is 63.3 cm³/mol. The van der Waals surface area contributed by atoms with E-state index in [-0.39, 0.29) is 0 Å². The molecule has 1 aromatic carbocycles. The molecule has 0 saturated heterocycles. The third kappa shape index (κ3) is 2.72. The van der Waals surface area contributed by atoms with E-state index in [1.54, 1.807) is 18.2 Å². The first kappa shape index (κ1) is 12.6. The summed E-state index contributed by atoms with van der Waals surface area (Å²) < 4.78 is 26.6. The van der Waals surface area contributed by atoms with Crippen LogP contribution in [0.5, 0.6) is 0 Å². The van der Waals surface area contributed by atoms with E-state index in [0.717, 1.165) is 6.07 Å². The molecule has 0 unspecified atom stereocenters. The summed E-state index contributed by atoms with van der Waals surface area (Å²) in [7, 11) is 0. The summed E-state index contributed by atoms with van der Waals surface area (Å²) in [6, 6.07) is 6.09. The first-order chi connectivity index (χ1) is 9.11. The summed E-state index contributed by atoms with van der Waals surface area (Å²) in [5.74, 6) is -2.81. The van der Waals surface area contributed by atoms with Crippen molar-refractivity contribution in [2.75, 3.05) is 5.32 Å². The number of benzene rings is 1. The van der Waals surface area contributed by atoms with Gasteiger partial charge in [-0.05, 0) is 18.2 Å². The number of nitriles is 1. The number of carbonyl (C=O) groups is 1. The molecule has 0 aliphatic rings. The smallest absolute Gasteiger partial charge is 0.258 e. The van der Waals surface area contributed by atoms with Crippen molar-refractivity contribution in [2.24, 2.45) is 0 Å². The fourth-order valence-electron chi connectivity index (χ4n) is 1.44. The Morgan fingerprint density at radius 2 is 2.11 bits per heavy atom. The Morgan fingerprint density at radius 1 is 1.32 bits per heavy atom. The van der Waals surface area contributed by atoms with Crippen LogP contribution in [0, 0.1) is 23.0 Å². The molecular weight excluding hydrogens is 252 g/mol. The molecule has 4 nitrogen and oxygen atoms in total. The van der Waals surface area contributed by atoms with E-state index < -0.39 is 28.7 Å².